The maximum atomic E-state index is 12.4. The van der Waals surface area contributed by atoms with E-state index >= 15 is 0 Å². The molecule has 17 heteroatoms. The van der Waals surface area contributed by atoms with Gasteiger partial charge in [0.2, 0.25) is 12.0 Å². The molecule has 0 saturated carbocycles. The Bertz CT molecular complexity index is 2180. The van der Waals surface area contributed by atoms with Crippen molar-refractivity contribution >= 4 is 22.8 Å². The van der Waals surface area contributed by atoms with Gasteiger partial charge in [-0.25, -0.2) is 0 Å². The number of hydrogen-bond donors (Lipinski definition) is 7. The van der Waals surface area contributed by atoms with Crippen molar-refractivity contribution < 1.29 is 63.2 Å². The zero-order valence-electron chi connectivity index (χ0n) is 29.1. The largest absolute Gasteiger partial charge is 0.493 e. The molecule has 2 bridgehead atoms. The van der Waals surface area contributed by atoms with Crippen LogP contribution in [0.1, 0.15) is 47.1 Å². The lowest BCUT2D eigenvalue weighted by atomic mass is 9.78. The van der Waals surface area contributed by atoms with E-state index in [9.17, 15) is 24.9 Å². The minimum atomic E-state index is -2.43. The molecule has 1 saturated heterocycles. The fraction of sp³-hybridized carbons (Fsp3) is 0.405. The van der Waals surface area contributed by atoms with Crippen LogP contribution in [0, 0.1) is 11.8 Å². The van der Waals surface area contributed by atoms with E-state index in [-0.39, 0.29) is 24.8 Å². The van der Waals surface area contributed by atoms with E-state index in [1.54, 1.807) is 13.2 Å². The van der Waals surface area contributed by atoms with Crippen LogP contribution in [0.3, 0.4) is 0 Å². The number of nitrogens with one attached hydrogen (secondary N) is 1. The highest BCUT2D eigenvalue weighted by Crippen LogP contribution is 2.58. The van der Waals surface area contributed by atoms with Gasteiger partial charge in [-0.05, 0) is 12.1 Å². The van der Waals surface area contributed by atoms with Gasteiger partial charge >= 0.3 is 11.9 Å². The minimum absolute atomic E-state index is 0.112. The van der Waals surface area contributed by atoms with Crippen molar-refractivity contribution in [3.05, 3.63) is 65.1 Å². The quantitative estimate of drug-likeness (QED) is 0.0536. The zero-order chi connectivity index (χ0) is 38.1. The lowest BCUT2D eigenvalue weighted by molar-refractivity contribution is -0.324. The van der Waals surface area contributed by atoms with Gasteiger partial charge in [-0.2, -0.15) is 0 Å². The standard InChI is InChI=1S/C37H38N4O13/c1-48-22-6-5-18-20-15-50-24-10-23-17(19(13-41-12-16-7-9-40-21(16)14-41)27(24)29(20)53-30(18)31(22)49-2)4-3-8-37(47)33(46)28(45)36(51-23)54-34(37)32(35(38)39)52-26(44)11-25(42)43/h5-7,9-10,12,14,20,28-29,32-36,40,45-47H,8,11,13,15,38-39H2,1-2H3,(H,42,43)/t20-,28+,29+,32-,33+,34+,36+,37-/m0/s1. The van der Waals surface area contributed by atoms with E-state index in [0.717, 1.165) is 16.5 Å². The average Bonchev–Trinajstić information content (AvgIpc) is 3.84. The molecule has 284 valence electrons. The minimum Gasteiger partial charge on any atom is -0.493 e. The first kappa shape index (κ1) is 35.5. The van der Waals surface area contributed by atoms with Crippen LogP contribution in [0.25, 0.3) is 10.9 Å². The van der Waals surface area contributed by atoms with Crippen LogP contribution in [0.5, 0.6) is 28.7 Å². The maximum Gasteiger partial charge on any atom is 0.317 e. The highest BCUT2D eigenvalue weighted by atomic mass is 16.7. The van der Waals surface area contributed by atoms with Crippen LogP contribution in [0.15, 0.2) is 42.9 Å². The summed E-state index contributed by atoms with van der Waals surface area (Å²) in [5, 5.41) is 44.7. The van der Waals surface area contributed by atoms with Gasteiger partial charge in [0.15, 0.2) is 17.6 Å². The number of carboxylic acids is 1. The van der Waals surface area contributed by atoms with Gasteiger partial charge in [0.05, 0.1) is 44.0 Å². The number of esters is 1. The molecule has 54 heavy (non-hydrogen) atoms. The second-order valence-electron chi connectivity index (χ2n) is 13.6. The number of H-pyrrole nitrogens is 1. The van der Waals surface area contributed by atoms with E-state index in [1.165, 1.54) is 7.11 Å². The Labute approximate surface area is 307 Å². The summed E-state index contributed by atoms with van der Waals surface area (Å²) in [6, 6.07) is 7.28. The number of aliphatic hydroxyl groups excluding tert-OH is 2. The third-order valence-electron chi connectivity index (χ3n) is 10.4. The molecule has 0 aliphatic carbocycles. The molecular formula is C37H38N4O13. The normalized spacial score (nSPS) is 26.8. The number of carboxylic acid groups (broad SMARTS) is 1. The van der Waals surface area contributed by atoms with Gasteiger partial charge in [-0.15, -0.1) is 0 Å². The number of aliphatic carboxylic acids is 1. The molecule has 0 radical (unpaired) electrons. The Kier molecular flexibility index (Phi) is 8.84. The molecule has 1 fully saturated rings. The van der Waals surface area contributed by atoms with Gasteiger partial charge in [-0.1, -0.05) is 17.9 Å². The highest BCUT2D eigenvalue weighted by molar-refractivity contribution is 5.90. The fourth-order valence-corrected chi connectivity index (χ4v) is 7.80. The lowest BCUT2D eigenvalue weighted by Gasteiger charge is -2.50. The van der Waals surface area contributed by atoms with Crippen LogP contribution in [-0.4, -0.2) is 105 Å². The van der Waals surface area contributed by atoms with Gasteiger partial charge in [-0.3, -0.25) is 9.59 Å². The summed E-state index contributed by atoms with van der Waals surface area (Å²) in [5.41, 5.74) is 13.0. The Balaban J connectivity index is 1.26. The Morgan fingerprint density at radius 2 is 1.94 bits per heavy atom. The first-order valence-corrected chi connectivity index (χ1v) is 17.1. The molecule has 0 amide bonds. The van der Waals surface area contributed by atoms with Crippen LogP contribution in [0.2, 0.25) is 0 Å². The van der Waals surface area contributed by atoms with Crippen molar-refractivity contribution in [1.82, 2.24) is 9.55 Å². The molecule has 17 nitrogen and oxygen atoms in total. The monoisotopic (exact) mass is 746 g/mol. The summed E-state index contributed by atoms with van der Waals surface area (Å²) in [7, 11) is 3.08. The number of aromatic amines is 1. The number of nitrogens with two attached hydrogens (primary N) is 2. The average molecular weight is 747 g/mol. The highest BCUT2D eigenvalue weighted by Gasteiger charge is 2.59. The number of methoxy groups -OCH3 is 2. The van der Waals surface area contributed by atoms with E-state index in [4.69, 9.17) is 49.7 Å². The number of ether oxygens (including phenoxy) is 7. The third kappa shape index (κ3) is 5.75. The molecule has 9 rings (SSSR count). The summed E-state index contributed by atoms with van der Waals surface area (Å²) in [6.07, 6.45) is -6.82. The van der Waals surface area contributed by atoms with Gasteiger partial charge in [0.25, 0.3) is 0 Å². The van der Waals surface area contributed by atoms with E-state index in [0.29, 0.717) is 39.7 Å². The van der Waals surface area contributed by atoms with Crippen molar-refractivity contribution in [2.45, 2.75) is 73.9 Å². The maximum absolute atomic E-state index is 12.4. The number of benzene rings is 2. The topological polar surface area (TPSA) is 252 Å². The van der Waals surface area contributed by atoms with Crippen molar-refractivity contribution in [2.75, 3.05) is 20.8 Å². The van der Waals surface area contributed by atoms with Crippen LogP contribution < -0.4 is 35.2 Å². The fourth-order valence-electron chi connectivity index (χ4n) is 7.80. The predicted molar refractivity (Wildman–Crippen MR) is 185 cm³/mol. The zero-order valence-corrected chi connectivity index (χ0v) is 29.1. The molecule has 7 heterocycles. The second-order valence-corrected chi connectivity index (χ2v) is 13.6. The summed E-state index contributed by atoms with van der Waals surface area (Å²) in [4.78, 5) is 26.8. The molecule has 0 spiro atoms. The van der Waals surface area contributed by atoms with Gasteiger partial charge < -0.3 is 74.6 Å². The summed E-state index contributed by atoms with van der Waals surface area (Å²) in [6.45, 7) is 0.483. The van der Waals surface area contributed by atoms with Crippen molar-refractivity contribution in [3.8, 4) is 40.6 Å². The summed E-state index contributed by atoms with van der Waals surface area (Å²) >= 11 is 0. The number of carbonyl (C=O) groups excluding carboxylic acids is 1. The molecule has 9 N–H and O–H groups in total. The number of rotatable bonds is 9. The van der Waals surface area contributed by atoms with Crippen molar-refractivity contribution in [3.63, 3.8) is 0 Å². The molecule has 4 aromatic rings. The molecule has 8 atom stereocenters. The molecule has 2 aromatic heterocycles. The Morgan fingerprint density at radius 1 is 1.13 bits per heavy atom. The summed E-state index contributed by atoms with van der Waals surface area (Å²) < 4.78 is 44.0. The predicted octanol–water partition coefficient (Wildman–Crippen LogP) is 0.586. The molecule has 2 aromatic carbocycles. The number of nitrogens with zero attached hydrogens (tertiary/aromatic N) is 1. The number of aliphatic hydroxyl groups is 3. The number of aromatic nitrogens is 2. The number of carbonyl (C=O) groups is 2. The molecule has 5 aliphatic rings. The van der Waals surface area contributed by atoms with Gasteiger partial charge in [0.1, 0.15) is 47.9 Å². The first-order valence-electron chi connectivity index (χ1n) is 17.1. The smallest absolute Gasteiger partial charge is 0.317 e. The van der Waals surface area contributed by atoms with Crippen LogP contribution in [-0.2, 0) is 25.6 Å². The Morgan fingerprint density at radius 3 is 2.67 bits per heavy atom. The molecular weight excluding hydrogens is 708 g/mol. The van der Waals surface area contributed by atoms with Crippen molar-refractivity contribution in [2.24, 2.45) is 11.5 Å². The second kappa shape index (κ2) is 13.4. The number of fused-ring (bicyclic) bond motifs is 9. The van der Waals surface area contributed by atoms with Gasteiger partial charge in [0, 0.05) is 59.7 Å². The first-order chi connectivity index (χ1) is 25.9. The SMILES string of the molecule is COc1ccc2c(c1OC)O[C@H]1c3c(cc4c(c3Cn3cc5cc[nH]c5c3)C#CC[C@]3(O)[C@H](O)[C@@H](O)[C@H](O4)O[C@@H]3[C@H](OC(=O)CC(=O)O)C(N)N)OC[C@@H]21. The summed E-state index contributed by atoms with van der Waals surface area (Å²) in [5.74, 6) is 5.11. The van der Waals surface area contributed by atoms with Crippen LogP contribution >= 0.6 is 0 Å². The van der Waals surface area contributed by atoms with Crippen LogP contribution in [0.4, 0.5) is 0 Å². The van der Waals surface area contributed by atoms with E-state index < -0.39 is 73.4 Å². The third-order valence-corrected chi connectivity index (χ3v) is 10.4. The number of hydrogen-bond acceptors (Lipinski definition) is 14. The van der Waals surface area contributed by atoms with E-state index in [1.807, 2.05) is 41.4 Å². The van der Waals surface area contributed by atoms with Crippen molar-refractivity contribution in [1.29, 1.82) is 0 Å². The lowest BCUT2D eigenvalue weighted by Crippen LogP contribution is -2.72. The Hall–Kier alpha value is -5.48. The van der Waals surface area contributed by atoms with E-state index in [2.05, 4.69) is 16.8 Å². The molecule has 5 aliphatic heterocycles. The molecule has 0 unspecified atom stereocenters.